The van der Waals surface area contributed by atoms with Gasteiger partial charge in [0.25, 0.3) is 0 Å². The molecule has 3 aliphatic rings. The molecule has 1 N–H and O–H groups in total. The van der Waals surface area contributed by atoms with E-state index in [9.17, 15) is 15.0 Å². The molecule has 174 valence electrons. The van der Waals surface area contributed by atoms with Gasteiger partial charge < -0.3 is 24.6 Å². The molecule has 1 heterocycles. The molecule has 0 bridgehead atoms. The quantitative estimate of drug-likeness (QED) is 0.679. The maximum absolute atomic E-state index is 11.6. The van der Waals surface area contributed by atoms with Gasteiger partial charge in [0.15, 0.2) is 0 Å². The van der Waals surface area contributed by atoms with Crippen LogP contribution in [0.1, 0.15) is 47.2 Å². The summed E-state index contributed by atoms with van der Waals surface area (Å²) < 4.78 is 6.37. The van der Waals surface area contributed by atoms with Crippen molar-refractivity contribution in [1.29, 1.82) is 0 Å². The molecule has 1 fully saturated rings. The average Bonchev–Trinajstić information content (AvgIpc) is 2.93. The van der Waals surface area contributed by atoms with E-state index in [1.807, 2.05) is 6.07 Å². The number of carbonyl (C=O) groups excluding carboxylic acids is 1. The summed E-state index contributed by atoms with van der Waals surface area (Å²) in [6, 6.07) is 11.1. The summed E-state index contributed by atoms with van der Waals surface area (Å²) >= 11 is 6.30. The average molecular weight is 467 g/mol. The summed E-state index contributed by atoms with van der Waals surface area (Å²) in [6.45, 7) is 5.74. The Morgan fingerprint density at radius 3 is 2.91 bits per heavy atom. The first kappa shape index (κ1) is 22.3. The first-order valence-electron chi connectivity index (χ1n) is 11.7. The molecule has 2 aliphatic carbocycles. The van der Waals surface area contributed by atoms with Crippen molar-refractivity contribution < 1.29 is 19.7 Å². The number of carboxylic acids is 1. The van der Waals surface area contributed by atoms with Crippen molar-refractivity contribution in [2.24, 2.45) is 11.8 Å². The van der Waals surface area contributed by atoms with Crippen LogP contribution in [-0.2, 0) is 11.8 Å². The Bertz CT molecular complexity index is 1090. The van der Waals surface area contributed by atoms with Crippen molar-refractivity contribution in [1.82, 2.24) is 0 Å². The van der Waals surface area contributed by atoms with Crippen LogP contribution >= 0.6 is 11.6 Å². The number of anilines is 1. The molecule has 5 nitrogen and oxygen atoms in total. The van der Waals surface area contributed by atoms with Crippen LogP contribution in [0.5, 0.6) is 5.75 Å². The van der Waals surface area contributed by atoms with Gasteiger partial charge in [0.2, 0.25) is 0 Å². The summed E-state index contributed by atoms with van der Waals surface area (Å²) in [5.41, 5.74) is 3.25. The minimum atomic E-state index is -1.20. The van der Waals surface area contributed by atoms with Crippen LogP contribution in [-0.4, -0.2) is 36.9 Å². The highest BCUT2D eigenvalue weighted by Crippen LogP contribution is 2.46. The maximum atomic E-state index is 11.6. The molecular weight excluding hydrogens is 438 g/mol. The summed E-state index contributed by atoms with van der Waals surface area (Å²) in [5.74, 6) is -0.0233. The number of hydrogen-bond acceptors (Lipinski definition) is 5. The summed E-state index contributed by atoms with van der Waals surface area (Å²) in [7, 11) is 0. The Balaban J connectivity index is 1.55. The third-order valence-corrected chi connectivity index (χ3v) is 8.12. The second kappa shape index (κ2) is 8.69. The van der Waals surface area contributed by atoms with Crippen molar-refractivity contribution >= 4 is 23.3 Å². The summed E-state index contributed by atoms with van der Waals surface area (Å²) in [6.07, 6.45) is 6.13. The fraction of sp³-hybridized carbons (Fsp3) is 0.444. The van der Waals surface area contributed by atoms with Crippen molar-refractivity contribution in [3.05, 3.63) is 70.8 Å². The van der Waals surface area contributed by atoms with Crippen molar-refractivity contribution in [3.8, 4) is 5.75 Å². The molecular formula is C27H29ClNO4-. The lowest BCUT2D eigenvalue weighted by Crippen LogP contribution is -2.49. The lowest BCUT2D eigenvalue weighted by atomic mass is 9.68. The molecule has 1 saturated carbocycles. The standard InChI is InChI=1S/C27H30ClNO4/c1-2-24(30)21-8-5-19(21)14-29-15-27(11-3-4-17-12-20(28)7-9-22(17)27)16-33-25-10-6-18(26(31)32)13-23(25)29/h2,6-7,9-10,12-13,19,21,24,30H,1,3-5,8,11,14-16H2,(H,31,32)/p-1/t19-,21+,24-,27-/m0/s1. The number of aliphatic hydroxyl groups is 1. The highest BCUT2D eigenvalue weighted by molar-refractivity contribution is 6.30. The van der Waals surface area contributed by atoms with Crippen molar-refractivity contribution in [3.63, 3.8) is 0 Å². The normalized spacial score (nSPS) is 26.9. The second-order valence-corrected chi connectivity index (χ2v) is 10.2. The Hall–Kier alpha value is -2.50. The van der Waals surface area contributed by atoms with Crippen LogP contribution in [0.3, 0.4) is 0 Å². The number of benzene rings is 2. The molecule has 1 spiro atoms. The number of carbonyl (C=O) groups is 1. The molecule has 0 radical (unpaired) electrons. The first-order chi connectivity index (χ1) is 15.9. The van der Waals surface area contributed by atoms with E-state index >= 15 is 0 Å². The van der Waals surface area contributed by atoms with Crippen LogP contribution in [0.2, 0.25) is 5.02 Å². The third kappa shape index (κ3) is 4.02. The first-order valence-corrected chi connectivity index (χ1v) is 12.1. The van der Waals surface area contributed by atoms with Gasteiger partial charge in [0, 0.05) is 23.5 Å². The number of carboxylic acid groups (broad SMARTS) is 1. The van der Waals surface area contributed by atoms with E-state index in [0.717, 1.165) is 55.9 Å². The number of nitrogens with zero attached hydrogens (tertiary/aromatic N) is 1. The molecule has 6 heteroatoms. The topological polar surface area (TPSA) is 72.8 Å². The SMILES string of the molecule is C=C[C@H](O)[C@@H]1CC[C@H]1CN1C[C@@]2(CCCc3cc(Cl)ccc32)COc2ccc(C(=O)[O-])cc21. The van der Waals surface area contributed by atoms with E-state index in [1.54, 1.807) is 24.3 Å². The van der Waals surface area contributed by atoms with Crippen molar-refractivity contribution in [2.75, 3.05) is 24.6 Å². The zero-order valence-electron chi connectivity index (χ0n) is 18.6. The third-order valence-electron chi connectivity index (χ3n) is 7.88. The number of hydrogen-bond donors (Lipinski definition) is 1. The van der Waals surface area contributed by atoms with E-state index in [2.05, 4.69) is 23.6 Å². The van der Waals surface area contributed by atoms with Crippen LogP contribution in [0, 0.1) is 11.8 Å². The van der Waals surface area contributed by atoms with Crippen LogP contribution in [0.4, 0.5) is 5.69 Å². The summed E-state index contributed by atoms with van der Waals surface area (Å²) in [4.78, 5) is 13.9. The predicted octanol–water partition coefficient (Wildman–Crippen LogP) is 3.75. The second-order valence-electron chi connectivity index (χ2n) is 9.80. The lowest BCUT2D eigenvalue weighted by Gasteiger charge is -2.45. The van der Waals surface area contributed by atoms with Gasteiger partial charge in [0.05, 0.1) is 24.4 Å². The van der Waals surface area contributed by atoms with E-state index in [0.29, 0.717) is 18.3 Å². The number of rotatable bonds is 5. The molecule has 5 rings (SSSR count). The molecule has 4 atom stereocenters. The molecule has 2 aromatic rings. The van der Waals surface area contributed by atoms with Gasteiger partial charge in [-0.05, 0) is 91.0 Å². The van der Waals surface area contributed by atoms with Gasteiger partial charge in [-0.1, -0.05) is 23.7 Å². The van der Waals surface area contributed by atoms with Gasteiger partial charge in [-0.3, -0.25) is 0 Å². The lowest BCUT2D eigenvalue weighted by molar-refractivity contribution is -0.255. The van der Waals surface area contributed by atoms with E-state index in [1.165, 1.54) is 11.1 Å². The molecule has 2 aromatic carbocycles. The minimum Gasteiger partial charge on any atom is -0.545 e. The van der Waals surface area contributed by atoms with Crippen molar-refractivity contribution in [2.45, 2.75) is 43.6 Å². The predicted molar refractivity (Wildman–Crippen MR) is 127 cm³/mol. The summed E-state index contributed by atoms with van der Waals surface area (Å²) in [5, 5.41) is 22.7. The number of aryl methyl sites for hydroxylation is 1. The Kier molecular flexibility index (Phi) is 5.87. The highest BCUT2D eigenvalue weighted by Gasteiger charge is 2.44. The van der Waals surface area contributed by atoms with Gasteiger partial charge in [-0.25, -0.2) is 0 Å². The van der Waals surface area contributed by atoms with Gasteiger partial charge in [-0.2, -0.15) is 0 Å². The Morgan fingerprint density at radius 1 is 1.33 bits per heavy atom. The van der Waals surface area contributed by atoms with Crippen LogP contribution in [0.15, 0.2) is 49.1 Å². The molecule has 0 saturated heterocycles. The Labute approximate surface area is 199 Å². The fourth-order valence-corrected chi connectivity index (χ4v) is 6.16. The number of aliphatic hydroxyl groups excluding tert-OH is 1. The largest absolute Gasteiger partial charge is 0.545 e. The maximum Gasteiger partial charge on any atom is 0.142 e. The minimum absolute atomic E-state index is 0.144. The van der Waals surface area contributed by atoms with E-state index in [4.69, 9.17) is 16.3 Å². The molecule has 0 aromatic heterocycles. The van der Waals surface area contributed by atoms with Gasteiger partial charge in [-0.15, -0.1) is 6.58 Å². The number of aromatic carboxylic acids is 1. The van der Waals surface area contributed by atoms with Gasteiger partial charge >= 0.3 is 0 Å². The molecule has 0 unspecified atom stereocenters. The zero-order valence-corrected chi connectivity index (χ0v) is 19.4. The van der Waals surface area contributed by atoms with E-state index < -0.39 is 12.1 Å². The fourth-order valence-electron chi connectivity index (χ4n) is 5.97. The zero-order chi connectivity index (χ0) is 23.2. The smallest absolute Gasteiger partial charge is 0.142 e. The van der Waals surface area contributed by atoms with Crippen LogP contribution in [0.25, 0.3) is 0 Å². The monoisotopic (exact) mass is 466 g/mol. The van der Waals surface area contributed by atoms with Crippen LogP contribution < -0.4 is 14.7 Å². The number of fused-ring (bicyclic) bond motifs is 3. The molecule has 1 aliphatic heterocycles. The highest BCUT2D eigenvalue weighted by atomic mass is 35.5. The molecule has 33 heavy (non-hydrogen) atoms. The van der Waals surface area contributed by atoms with Gasteiger partial charge in [0.1, 0.15) is 5.75 Å². The number of halogens is 1. The van der Waals surface area contributed by atoms with E-state index in [-0.39, 0.29) is 16.9 Å². The number of ether oxygens (including phenoxy) is 1. The molecule has 0 amide bonds. The Morgan fingerprint density at radius 2 is 2.18 bits per heavy atom.